The Morgan fingerprint density at radius 2 is 0.857 bits per heavy atom. The van der Waals surface area contributed by atoms with E-state index in [1.54, 1.807) is 12.1 Å². The van der Waals surface area contributed by atoms with Crippen molar-refractivity contribution in [3.05, 3.63) is 137 Å². The molecule has 28 heavy (non-hydrogen) atoms. The van der Waals surface area contributed by atoms with Gasteiger partial charge < -0.3 is 5.11 Å². The summed E-state index contributed by atoms with van der Waals surface area (Å²) in [7, 11) is 0. The van der Waals surface area contributed by atoms with Gasteiger partial charge in [-0.1, -0.05) is 84.6 Å². The van der Waals surface area contributed by atoms with Crippen LogP contribution < -0.4 is 0 Å². The van der Waals surface area contributed by atoms with E-state index in [0.29, 0.717) is 0 Å². The van der Waals surface area contributed by atoms with Gasteiger partial charge in [0.25, 0.3) is 0 Å². The molecule has 0 radical (unpaired) electrons. The zero-order valence-electron chi connectivity index (χ0n) is 15.4. The van der Waals surface area contributed by atoms with Crippen molar-refractivity contribution in [1.82, 2.24) is 0 Å². The molecular formula is C27H20O. The lowest BCUT2D eigenvalue weighted by Gasteiger charge is -2.19. The van der Waals surface area contributed by atoms with Gasteiger partial charge in [0.15, 0.2) is 0 Å². The minimum Gasteiger partial charge on any atom is -0.508 e. The van der Waals surface area contributed by atoms with Crippen molar-refractivity contribution in [3.8, 4) is 17.6 Å². The highest BCUT2D eigenvalue weighted by Gasteiger charge is 2.15. The number of benzene rings is 4. The first-order chi connectivity index (χ1) is 13.8. The molecule has 0 aromatic heterocycles. The van der Waals surface area contributed by atoms with Crippen LogP contribution in [0, 0.1) is 11.8 Å². The van der Waals surface area contributed by atoms with E-state index in [0.717, 1.165) is 11.1 Å². The van der Waals surface area contributed by atoms with Crippen LogP contribution in [0.3, 0.4) is 0 Å². The monoisotopic (exact) mass is 360 g/mol. The van der Waals surface area contributed by atoms with E-state index in [1.807, 2.05) is 24.3 Å². The third kappa shape index (κ3) is 4.14. The maximum Gasteiger partial charge on any atom is 0.115 e. The Kier molecular flexibility index (Phi) is 5.22. The molecular weight excluding hydrogens is 340 g/mol. The van der Waals surface area contributed by atoms with Crippen LogP contribution in [0.25, 0.3) is 0 Å². The molecule has 0 aliphatic rings. The maximum atomic E-state index is 9.36. The minimum absolute atomic E-state index is 0.196. The molecule has 0 spiro atoms. The molecule has 0 bridgehead atoms. The summed E-state index contributed by atoms with van der Waals surface area (Å²) in [5, 5.41) is 9.36. The molecule has 134 valence electrons. The largest absolute Gasteiger partial charge is 0.508 e. The van der Waals surface area contributed by atoms with Crippen LogP contribution in [0.1, 0.15) is 33.7 Å². The van der Waals surface area contributed by atoms with Gasteiger partial charge in [-0.15, -0.1) is 0 Å². The Hall–Kier alpha value is -3.76. The molecule has 0 aliphatic carbocycles. The van der Waals surface area contributed by atoms with Gasteiger partial charge in [0.1, 0.15) is 5.75 Å². The Bertz CT molecular complexity index is 1040. The Labute approximate surface area is 165 Å². The molecule has 1 nitrogen and oxygen atoms in total. The summed E-state index contributed by atoms with van der Waals surface area (Å²) in [5.74, 6) is 6.78. The quantitative estimate of drug-likeness (QED) is 0.352. The van der Waals surface area contributed by atoms with Crippen molar-refractivity contribution in [2.24, 2.45) is 0 Å². The SMILES string of the molecule is Oc1ccc(C#Cc2ccc(C(c3ccccc3)c3ccccc3)cc2)cc1. The summed E-state index contributed by atoms with van der Waals surface area (Å²) >= 11 is 0. The molecule has 0 saturated heterocycles. The molecule has 0 atom stereocenters. The average Bonchev–Trinajstić information content (AvgIpc) is 2.76. The number of rotatable bonds is 3. The molecule has 0 heterocycles. The lowest BCUT2D eigenvalue weighted by atomic mass is 9.85. The van der Waals surface area contributed by atoms with E-state index in [4.69, 9.17) is 0 Å². The first kappa shape index (κ1) is 17.6. The van der Waals surface area contributed by atoms with Crippen molar-refractivity contribution < 1.29 is 5.11 Å². The lowest BCUT2D eigenvalue weighted by molar-refractivity contribution is 0.475. The second-order valence-electron chi connectivity index (χ2n) is 6.67. The molecule has 4 aromatic rings. The van der Waals surface area contributed by atoms with Crippen molar-refractivity contribution in [2.75, 3.05) is 0 Å². The molecule has 0 aliphatic heterocycles. The third-order valence-corrected chi connectivity index (χ3v) is 4.73. The summed E-state index contributed by atoms with van der Waals surface area (Å²) in [6, 6.07) is 36.5. The van der Waals surface area contributed by atoms with Crippen LogP contribution in [-0.4, -0.2) is 5.11 Å². The number of aromatic hydroxyl groups is 1. The van der Waals surface area contributed by atoms with E-state index in [9.17, 15) is 5.11 Å². The molecule has 0 amide bonds. The van der Waals surface area contributed by atoms with Crippen LogP contribution in [0.4, 0.5) is 0 Å². The van der Waals surface area contributed by atoms with Crippen LogP contribution >= 0.6 is 0 Å². The normalized spacial score (nSPS) is 10.3. The number of hydrogen-bond acceptors (Lipinski definition) is 1. The van der Waals surface area contributed by atoms with Gasteiger partial charge in [0, 0.05) is 17.0 Å². The van der Waals surface area contributed by atoms with Crippen LogP contribution in [0.2, 0.25) is 0 Å². The summed E-state index contributed by atoms with van der Waals surface area (Å²) in [6.45, 7) is 0. The Balaban J connectivity index is 1.65. The van der Waals surface area contributed by atoms with Gasteiger partial charge in [-0.3, -0.25) is 0 Å². The van der Waals surface area contributed by atoms with Gasteiger partial charge in [-0.2, -0.15) is 0 Å². The van der Waals surface area contributed by atoms with E-state index in [1.165, 1.54) is 16.7 Å². The van der Waals surface area contributed by atoms with Crippen LogP contribution in [0.5, 0.6) is 5.75 Å². The van der Waals surface area contributed by atoms with Gasteiger partial charge in [0.05, 0.1) is 0 Å². The summed E-state index contributed by atoms with van der Waals surface area (Å²) in [6.07, 6.45) is 0. The van der Waals surface area contributed by atoms with E-state index in [2.05, 4.69) is 84.6 Å². The highest BCUT2D eigenvalue weighted by atomic mass is 16.3. The second-order valence-corrected chi connectivity index (χ2v) is 6.67. The molecule has 4 aromatic carbocycles. The highest BCUT2D eigenvalue weighted by molar-refractivity contribution is 5.48. The number of hydrogen-bond donors (Lipinski definition) is 1. The Morgan fingerprint density at radius 3 is 1.32 bits per heavy atom. The Morgan fingerprint density at radius 1 is 0.464 bits per heavy atom. The first-order valence-electron chi connectivity index (χ1n) is 9.30. The summed E-state index contributed by atoms with van der Waals surface area (Å²) in [5.41, 5.74) is 5.64. The van der Waals surface area contributed by atoms with Crippen LogP contribution in [-0.2, 0) is 0 Å². The zero-order valence-corrected chi connectivity index (χ0v) is 15.4. The first-order valence-corrected chi connectivity index (χ1v) is 9.30. The molecule has 1 N–H and O–H groups in total. The number of phenols is 1. The minimum atomic E-state index is 0.196. The molecule has 1 heteroatoms. The van der Waals surface area contributed by atoms with E-state index < -0.39 is 0 Å². The molecule has 0 fully saturated rings. The van der Waals surface area contributed by atoms with E-state index >= 15 is 0 Å². The maximum absolute atomic E-state index is 9.36. The van der Waals surface area contributed by atoms with Crippen LogP contribution in [0.15, 0.2) is 109 Å². The van der Waals surface area contributed by atoms with Gasteiger partial charge >= 0.3 is 0 Å². The fraction of sp³-hybridized carbons (Fsp3) is 0.0370. The molecule has 0 unspecified atom stereocenters. The van der Waals surface area contributed by atoms with E-state index in [-0.39, 0.29) is 11.7 Å². The molecule has 4 rings (SSSR count). The topological polar surface area (TPSA) is 20.2 Å². The number of phenolic OH excluding ortho intramolecular Hbond substituents is 1. The third-order valence-electron chi connectivity index (χ3n) is 4.73. The predicted molar refractivity (Wildman–Crippen MR) is 114 cm³/mol. The fourth-order valence-electron chi connectivity index (χ4n) is 3.32. The average molecular weight is 360 g/mol. The fourth-order valence-corrected chi connectivity index (χ4v) is 3.32. The smallest absolute Gasteiger partial charge is 0.115 e. The van der Waals surface area contributed by atoms with Crippen molar-refractivity contribution in [2.45, 2.75) is 5.92 Å². The molecule has 0 saturated carbocycles. The zero-order chi connectivity index (χ0) is 19.2. The summed E-state index contributed by atoms with van der Waals surface area (Å²) in [4.78, 5) is 0. The highest BCUT2D eigenvalue weighted by Crippen LogP contribution is 2.31. The standard InChI is InChI=1S/C27H20O/c28-26-19-15-22(16-20-26)12-11-21-13-17-25(18-14-21)27(23-7-3-1-4-8-23)24-9-5-2-6-10-24/h1-10,13-20,27-28H. The van der Waals surface area contributed by atoms with Crippen molar-refractivity contribution >= 4 is 0 Å². The van der Waals surface area contributed by atoms with Crippen molar-refractivity contribution in [3.63, 3.8) is 0 Å². The van der Waals surface area contributed by atoms with Crippen molar-refractivity contribution in [1.29, 1.82) is 0 Å². The lowest BCUT2D eigenvalue weighted by Crippen LogP contribution is -2.03. The van der Waals surface area contributed by atoms with Gasteiger partial charge in [-0.25, -0.2) is 0 Å². The predicted octanol–water partition coefficient (Wildman–Crippen LogP) is 5.97. The second kappa shape index (κ2) is 8.29. The van der Waals surface area contributed by atoms with Gasteiger partial charge in [-0.05, 0) is 53.1 Å². The van der Waals surface area contributed by atoms with Gasteiger partial charge in [0.2, 0.25) is 0 Å². The summed E-state index contributed by atoms with van der Waals surface area (Å²) < 4.78 is 0.